The van der Waals surface area contributed by atoms with Gasteiger partial charge in [-0.25, -0.2) is 0 Å². The number of hydrogen-bond donors (Lipinski definition) is 1. The van der Waals surface area contributed by atoms with Crippen LogP contribution in [0.25, 0.3) is 0 Å². The fourth-order valence-electron chi connectivity index (χ4n) is 1.65. The van der Waals surface area contributed by atoms with Gasteiger partial charge in [0.2, 0.25) is 0 Å². The summed E-state index contributed by atoms with van der Waals surface area (Å²) in [5.41, 5.74) is 0.747. The molecule has 2 aromatic carbocycles. The molecule has 100 valence electrons. The Bertz CT molecular complexity index is 538. The first-order valence-electron chi connectivity index (χ1n) is 6.03. The van der Waals surface area contributed by atoms with Gasteiger partial charge in [-0.2, -0.15) is 0 Å². The number of hydrogen-bond acceptors (Lipinski definition) is 3. The van der Waals surface area contributed by atoms with E-state index in [1.165, 1.54) is 0 Å². The summed E-state index contributed by atoms with van der Waals surface area (Å²) >= 11 is 3.39. The van der Waals surface area contributed by atoms with Crippen LogP contribution >= 0.6 is 15.9 Å². The van der Waals surface area contributed by atoms with Crippen molar-refractivity contribution < 1.29 is 14.6 Å². The van der Waals surface area contributed by atoms with Crippen molar-refractivity contribution >= 4 is 15.9 Å². The Morgan fingerprint density at radius 3 is 2.37 bits per heavy atom. The van der Waals surface area contributed by atoms with Gasteiger partial charge in [0.1, 0.15) is 17.2 Å². The first kappa shape index (κ1) is 13.9. The first-order chi connectivity index (χ1) is 9.22. The number of aliphatic hydroxyl groups excluding tert-OH is 1. The van der Waals surface area contributed by atoms with Crippen molar-refractivity contribution in [2.24, 2.45) is 0 Å². The molecule has 2 rings (SSSR count). The highest BCUT2D eigenvalue weighted by atomic mass is 79.9. The van der Waals surface area contributed by atoms with Gasteiger partial charge in [-0.1, -0.05) is 22.0 Å². The molecule has 0 saturated carbocycles. The third kappa shape index (κ3) is 3.72. The van der Waals surface area contributed by atoms with Crippen LogP contribution in [0.5, 0.6) is 17.2 Å². The zero-order valence-corrected chi connectivity index (χ0v) is 12.2. The van der Waals surface area contributed by atoms with Gasteiger partial charge in [0, 0.05) is 10.0 Å². The van der Waals surface area contributed by atoms with E-state index in [2.05, 4.69) is 15.9 Å². The molecule has 0 heterocycles. The zero-order chi connectivity index (χ0) is 13.7. The van der Waals surface area contributed by atoms with Crippen LogP contribution in [0.15, 0.2) is 46.9 Å². The van der Waals surface area contributed by atoms with Crippen LogP contribution in [-0.4, -0.2) is 11.7 Å². The fourth-order valence-corrected chi connectivity index (χ4v) is 1.99. The van der Waals surface area contributed by atoms with Gasteiger partial charge in [0.25, 0.3) is 0 Å². The highest BCUT2D eigenvalue weighted by molar-refractivity contribution is 9.10. The summed E-state index contributed by atoms with van der Waals surface area (Å²) in [6.45, 7) is 2.53. The molecule has 1 N–H and O–H groups in total. The lowest BCUT2D eigenvalue weighted by atomic mass is 10.2. The fraction of sp³-hybridized carbons (Fsp3) is 0.200. The highest BCUT2D eigenvalue weighted by Gasteiger charge is 2.05. The molecule has 19 heavy (non-hydrogen) atoms. The van der Waals surface area contributed by atoms with Gasteiger partial charge in [0.05, 0.1) is 13.2 Å². The molecule has 0 amide bonds. The minimum absolute atomic E-state index is 0.0559. The second-order valence-electron chi connectivity index (χ2n) is 3.92. The molecule has 0 aliphatic carbocycles. The molecule has 0 aliphatic heterocycles. The Hall–Kier alpha value is -1.52. The molecule has 0 aliphatic rings. The summed E-state index contributed by atoms with van der Waals surface area (Å²) in [5, 5.41) is 9.29. The van der Waals surface area contributed by atoms with E-state index in [9.17, 15) is 5.11 Å². The number of aliphatic hydroxyl groups is 1. The quantitative estimate of drug-likeness (QED) is 0.899. The maximum atomic E-state index is 9.29. The number of halogens is 1. The van der Waals surface area contributed by atoms with Crippen LogP contribution in [0, 0.1) is 0 Å². The second-order valence-corrected chi connectivity index (χ2v) is 4.83. The molecule has 0 spiro atoms. The standard InChI is InChI=1S/C15H15BrO3/c1-2-18-13-5-7-14(8-6-13)19-15-9-12(16)4-3-11(15)10-17/h3-9,17H,2,10H2,1H3. The van der Waals surface area contributed by atoms with E-state index in [-0.39, 0.29) is 6.61 Å². The third-order valence-corrected chi connectivity index (χ3v) is 3.06. The van der Waals surface area contributed by atoms with Crippen LogP contribution in [0.2, 0.25) is 0 Å². The van der Waals surface area contributed by atoms with Crippen molar-refractivity contribution in [3.63, 3.8) is 0 Å². The van der Waals surface area contributed by atoms with E-state index in [1.807, 2.05) is 49.4 Å². The summed E-state index contributed by atoms with van der Waals surface area (Å²) in [7, 11) is 0. The smallest absolute Gasteiger partial charge is 0.134 e. The monoisotopic (exact) mass is 322 g/mol. The molecular weight excluding hydrogens is 308 g/mol. The lowest BCUT2D eigenvalue weighted by molar-refractivity contribution is 0.276. The van der Waals surface area contributed by atoms with Crippen LogP contribution in [0.1, 0.15) is 12.5 Å². The molecule has 0 bridgehead atoms. The topological polar surface area (TPSA) is 38.7 Å². The van der Waals surface area contributed by atoms with Crippen LogP contribution < -0.4 is 9.47 Å². The third-order valence-electron chi connectivity index (χ3n) is 2.56. The summed E-state index contributed by atoms with van der Waals surface area (Å²) in [6, 6.07) is 12.9. The van der Waals surface area contributed by atoms with Gasteiger partial charge in [-0.05, 0) is 43.3 Å². The van der Waals surface area contributed by atoms with Crippen LogP contribution in [-0.2, 0) is 6.61 Å². The largest absolute Gasteiger partial charge is 0.494 e. The van der Waals surface area contributed by atoms with Crippen molar-refractivity contribution in [3.05, 3.63) is 52.5 Å². The molecule has 0 radical (unpaired) electrons. The maximum absolute atomic E-state index is 9.29. The Balaban J connectivity index is 2.18. The van der Waals surface area contributed by atoms with E-state index in [0.29, 0.717) is 18.1 Å². The summed E-state index contributed by atoms with van der Waals surface area (Å²) < 4.78 is 12.0. The predicted octanol–water partition coefficient (Wildman–Crippen LogP) is 4.13. The van der Waals surface area contributed by atoms with Crippen molar-refractivity contribution in [1.29, 1.82) is 0 Å². The Labute approximate surface area is 120 Å². The second kappa shape index (κ2) is 6.59. The summed E-state index contributed by atoms with van der Waals surface area (Å²) in [5.74, 6) is 2.16. The van der Waals surface area contributed by atoms with E-state index < -0.39 is 0 Å². The number of benzene rings is 2. The molecule has 0 fully saturated rings. The van der Waals surface area contributed by atoms with E-state index in [1.54, 1.807) is 0 Å². The number of rotatable bonds is 5. The molecular formula is C15H15BrO3. The number of ether oxygens (including phenoxy) is 2. The maximum Gasteiger partial charge on any atom is 0.134 e. The van der Waals surface area contributed by atoms with Crippen molar-refractivity contribution in [2.45, 2.75) is 13.5 Å². The molecule has 0 atom stereocenters. The van der Waals surface area contributed by atoms with Crippen molar-refractivity contribution in [1.82, 2.24) is 0 Å². The van der Waals surface area contributed by atoms with Crippen molar-refractivity contribution in [3.8, 4) is 17.2 Å². The van der Waals surface area contributed by atoms with E-state index >= 15 is 0 Å². The van der Waals surface area contributed by atoms with Gasteiger partial charge in [0.15, 0.2) is 0 Å². The van der Waals surface area contributed by atoms with Gasteiger partial charge in [-0.15, -0.1) is 0 Å². The van der Waals surface area contributed by atoms with Crippen LogP contribution in [0.4, 0.5) is 0 Å². The Morgan fingerprint density at radius 1 is 1.05 bits per heavy atom. The average Bonchev–Trinajstić information content (AvgIpc) is 2.42. The minimum Gasteiger partial charge on any atom is -0.494 e. The lowest BCUT2D eigenvalue weighted by Crippen LogP contribution is -1.93. The van der Waals surface area contributed by atoms with Gasteiger partial charge in [-0.3, -0.25) is 0 Å². The zero-order valence-electron chi connectivity index (χ0n) is 10.6. The van der Waals surface area contributed by atoms with Gasteiger partial charge < -0.3 is 14.6 Å². The molecule has 3 nitrogen and oxygen atoms in total. The summed E-state index contributed by atoms with van der Waals surface area (Å²) in [6.07, 6.45) is 0. The van der Waals surface area contributed by atoms with Crippen molar-refractivity contribution in [2.75, 3.05) is 6.61 Å². The Kier molecular flexibility index (Phi) is 4.82. The first-order valence-corrected chi connectivity index (χ1v) is 6.82. The minimum atomic E-state index is -0.0559. The lowest BCUT2D eigenvalue weighted by Gasteiger charge is -2.11. The normalized spacial score (nSPS) is 10.3. The van der Waals surface area contributed by atoms with E-state index in [4.69, 9.17) is 9.47 Å². The van der Waals surface area contributed by atoms with Crippen LogP contribution in [0.3, 0.4) is 0 Å². The molecule has 2 aromatic rings. The highest BCUT2D eigenvalue weighted by Crippen LogP contribution is 2.29. The SMILES string of the molecule is CCOc1ccc(Oc2cc(Br)ccc2CO)cc1. The summed E-state index contributed by atoms with van der Waals surface area (Å²) in [4.78, 5) is 0. The molecule has 0 aromatic heterocycles. The molecule has 0 unspecified atom stereocenters. The van der Waals surface area contributed by atoms with Gasteiger partial charge >= 0.3 is 0 Å². The average molecular weight is 323 g/mol. The van der Waals surface area contributed by atoms with E-state index in [0.717, 1.165) is 15.8 Å². The Morgan fingerprint density at radius 2 is 1.74 bits per heavy atom. The predicted molar refractivity (Wildman–Crippen MR) is 77.7 cm³/mol. The molecule has 4 heteroatoms. The molecule has 0 saturated heterocycles.